The molecular formula is C15H19N5O3. The van der Waals surface area contributed by atoms with Gasteiger partial charge in [0.2, 0.25) is 0 Å². The molecule has 0 unspecified atom stereocenters. The van der Waals surface area contributed by atoms with E-state index in [0.29, 0.717) is 31.7 Å². The number of ether oxygens (including phenoxy) is 1. The van der Waals surface area contributed by atoms with E-state index < -0.39 is 6.10 Å². The van der Waals surface area contributed by atoms with Crippen LogP contribution in [0.5, 0.6) is 0 Å². The molecule has 0 spiro atoms. The summed E-state index contributed by atoms with van der Waals surface area (Å²) in [6.07, 6.45) is -0.0235. The number of carbonyl (C=O) groups is 1. The number of aliphatic hydroxyl groups is 1. The molecule has 0 radical (unpaired) electrons. The highest BCUT2D eigenvalue weighted by molar-refractivity contribution is 5.94. The predicted molar refractivity (Wildman–Crippen MR) is 80.8 cm³/mol. The molecule has 8 heteroatoms. The summed E-state index contributed by atoms with van der Waals surface area (Å²) in [7, 11) is 0. The van der Waals surface area contributed by atoms with Crippen molar-refractivity contribution in [3.05, 3.63) is 41.2 Å². The number of benzene rings is 1. The molecule has 8 nitrogen and oxygen atoms in total. The Hall–Kier alpha value is -2.32. The fourth-order valence-corrected chi connectivity index (χ4v) is 2.45. The molecule has 0 aliphatic carbocycles. The molecule has 1 aliphatic heterocycles. The lowest BCUT2D eigenvalue weighted by molar-refractivity contribution is -0.0140. The van der Waals surface area contributed by atoms with E-state index in [1.54, 1.807) is 16.8 Å². The van der Waals surface area contributed by atoms with E-state index in [1.807, 2.05) is 19.1 Å². The minimum Gasteiger partial charge on any atom is -0.391 e. The molecule has 0 bridgehead atoms. The Morgan fingerprint density at radius 1 is 1.43 bits per heavy atom. The van der Waals surface area contributed by atoms with E-state index in [4.69, 9.17) is 4.74 Å². The number of hydrogen-bond acceptors (Lipinski definition) is 6. The van der Waals surface area contributed by atoms with Crippen LogP contribution in [0.3, 0.4) is 0 Å². The third-order valence-electron chi connectivity index (χ3n) is 3.90. The maximum Gasteiger partial charge on any atom is 0.251 e. The largest absolute Gasteiger partial charge is 0.391 e. The maximum absolute atomic E-state index is 12.2. The highest BCUT2D eigenvalue weighted by Crippen LogP contribution is 2.10. The zero-order valence-corrected chi connectivity index (χ0v) is 12.8. The molecule has 2 atom stereocenters. The van der Waals surface area contributed by atoms with Gasteiger partial charge < -0.3 is 15.2 Å². The molecule has 1 amide bonds. The molecule has 23 heavy (non-hydrogen) atoms. The van der Waals surface area contributed by atoms with E-state index in [-0.39, 0.29) is 11.9 Å². The molecule has 1 aromatic carbocycles. The quantitative estimate of drug-likeness (QED) is 0.817. The molecule has 0 saturated carbocycles. The number of aromatic nitrogens is 4. The minimum absolute atomic E-state index is 0.218. The van der Waals surface area contributed by atoms with Gasteiger partial charge in [0.15, 0.2) is 0 Å². The van der Waals surface area contributed by atoms with Crippen molar-refractivity contribution in [2.24, 2.45) is 0 Å². The summed E-state index contributed by atoms with van der Waals surface area (Å²) in [5.74, 6) is 0.516. The minimum atomic E-state index is -0.560. The maximum atomic E-state index is 12.2. The first-order valence-electron chi connectivity index (χ1n) is 7.52. The number of aliphatic hydroxyl groups excluding tert-OH is 1. The Morgan fingerprint density at radius 3 is 2.87 bits per heavy atom. The van der Waals surface area contributed by atoms with Gasteiger partial charge in [-0.2, -0.15) is 0 Å². The lowest BCUT2D eigenvalue weighted by Gasteiger charge is -2.28. The lowest BCUT2D eigenvalue weighted by Crippen LogP contribution is -2.49. The Labute approximate surface area is 133 Å². The van der Waals surface area contributed by atoms with Crippen LogP contribution in [0.1, 0.15) is 28.2 Å². The van der Waals surface area contributed by atoms with Crippen LogP contribution in [0.4, 0.5) is 0 Å². The molecule has 122 valence electrons. The Balaban J connectivity index is 1.62. The van der Waals surface area contributed by atoms with Gasteiger partial charge in [-0.1, -0.05) is 12.1 Å². The van der Waals surface area contributed by atoms with Gasteiger partial charge in [-0.15, -0.1) is 5.10 Å². The van der Waals surface area contributed by atoms with Gasteiger partial charge in [-0.25, -0.2) is 4.68 Å². The SMILES string of the molecule is Cc1nnnn1Cc1ccc(C(=O)N[C@@H]2COCC[C@H]2O)cc1. The number of tetrazole rings is 1. The third kappa shape index (κ3) is 3.72. The van der Waals surface area contributed by atoms with Crippen molar-refractivity contribution in [1.82, 2.24) is 25.5 Å². The Morgan fingerprint density at radius 2 is 2.22 bits per heavy atom. The zero-order chi connectivity index (χ0) is 16.2. The first kappa shape index (κ1) is 15.6. The molecular weight excluding hydrogens is 298 g/mol. The number of aryl methyl sites for hydroxylation is 1. The normalized spacial score (nSPS) is 21.1. The van der Waals surface area contributed by atoms with Crippen LogP contribution in [0, 0.1) is 6.92 Å². The van der Waals surface area contributed by atoms with Gasteiger partial charge in [0.25, 0.3) is 5.91 Å². The standard InChI is InChI=1S/C15H19N5O3/c1-10-17-18-19-20(10)8-11-2-4-12(5-3-11)15(22)16-13-9-23-7-6-14(13)21/h2-5,13-14,21H,6-9H2,1H3,(H,16,22)/t13-,14-/m1/s1. The molecule has 1 fully saturated rings. The zero-order valence-electron chi connectivity index (χ0n) is 12.8. The summed E-state index contributed by atoms with van der Waals surface area (Å²) >= 11 is 0. The van der Waals surface area contributed by atoms with Crippen molar-refractivity contribution >= 4 is 5.91 Å². The van der Waals surface area contributed by atoms with Crippen LogP contribution in [0.2, 0.25) is 0 Å². The van der Waals surface area contributed by atoms with Crippen molar-refractivity contribution in [1.29, 1.82) is 0 Å². The average Bonchev–Trinajstić information content (AvgIpc) is 2.95. The van der Waals surface area contributed by atoms with Gasteiger partial charge in [-0.05, 0) is 41.5 Å². The number of nitrogens with zero attached hydrogens (tertiary/aromatic N) is 4. The van der Waals surface area contributed by atoms with Crippen molar-refractivity contribution in [2.45, 2.75) is 32.0 Å². The van der Waals surface area contributed by atoms with E-state index in [1.165, 1.54) is 0 Å². The fraction of sp³-hybridized carbons (Fsp3) is 0.467. The molecule has 3 rings (SSSR count). The second-order valence-electron chi connectivity index (χ2n) is 5.59. The number of hydrogen-bond donors (Lipinski definition) is 2. The Kier molecular flexibility index (Phi) is 4.63. The summed E-state index contributed by atoms with van der Waals surface area (Å²) < 4.78 is 6.97. The molecule has 2 heterocycles. The van der Waals surface area contributed by atoms with Crippen LogP contribution in [-0.2, 0) is 11.3 Å². The van der Waals surface area contributed by atoms with E-state index in [2.05, 4.69) is 20.8 Å². The number of carbonyl (C=O) groups excluding carboxylic acids is 1. The van der Waals surface area contributed by atoms with Gasteiger partial charge in [0.05, 0.1) is 25.3 Å². The summed E-state index contributed by atoms with van der Waals surface area (Å²) in [6, 6.07) is 6.87. The van der Waals surface area contributed by atoms with Crippen molar-refractivity contribution in [3.8, 4) is 0 Å². The highest BCUT2D eigenvalue weighted by atomic mass is 16.5. The first-order valence-corrected chi connectivity index (χ1v) is 7.52. The van der Waals surface area contributed by atoms with E-state index in [9.17, 15) is 9.90 Å². The third-order valence-corrected chi connectivity index (χ3v) is 3.90. The fourth-order valence-electron chi connectivity index (χ4n) is 2.45. The van der Waals surface area contributed by atoms with Crippen LogP contribution in [0.25, 0.3) is 0 Å². The average molecular weight is 317 g/mol. The summed E-state index contributed by atoms with van der Waals surface area (Å²) in [5.41, 5.74) is 1.54. The molecule has 1 aliphatic rings. The summed E-state index contributed by atoms with van der Waals surface area (Å²) in [6.45, 7) is 3.25. The monoisotopic (exact) mass is 317 g/mol. The smallest absolute Gasteiger partial charge is 0.251 e. The van der Waals surface area contributed by atoms with Crippen LogP contribution in [-0.4, -0.2) is 56.6 Å². The molecule has 2 aromatic rings. The number of rotatable bonds is 4. The number of amides is 1. The van der Waals surface area contributed by atoms with E-state index in [0.717, 1.165) is 11.4 Å². The predicted octanol–water partition coefficient (Wildman–Crippen LogP) is -0.0906. The summed E-state index contributed by atoms with van der Waals surface area (Å²) in [5, 5.41) is 24.0. The lowest BCUT2D eigenvalue weighted by atomic mass is 10.1. The van der Waals surface area contributed by atoms with Crippen LogP contribution in [0.15, 0.2) is 24.3 Å². The van der Waals surface area contributed by atoms with Crippen LogP contribution < -0.4 is 5.32 Å². The van der Waals surface area contributed by atoms with Crippen LogP contribution >= 0.6 is 0 Å². The second kappa shape index (κ2) is 6.84. The molecule has 1 aromatic heterocycles. The second-order valence-corrected chi connectivity index (χ2v) is 5.59. The first-order chi connectivity index (χ1) is 11.1. The van der Waals surface area contributed by atoms with Crippen molar-refractivity contribution in [3.63, 3.8) is 0 Å². The molecule has 2 N–H and O–H groups in total. The summed E-state index contributed by atoms with van der Waals surface area (Å²) in [4.78, 5) is 12.2. The van der Waals surface area contributed by atoms with Gasteiger partial charge >= 0.3 is 0 Å². The van der Waals surface area contributed by atoms with Crippen molar-refractivity contribution in [2.75, 3.05) is 13.2 Å². The topological polar surface area (TPSA) is 102 Å². The van der Waals surface area contributed by atoms with Gasteiger partial charge in [0, 0.05) is 12.2 Å². The molecule has 1 saturated heterocycles. The highest BCUT2D eigenvalue weighted by Gasteiger charge is 2.25. The van der Waals surface area contributed by atoms with Gasteiger partial charge in [-0.3, -0.25) is 4.79 Å². The van der Waals surface area contributed by atoms with E-state index >= 15 is 0 Å². The number of nitrogens with one attached hydrogen (secondary N) is 1. The van der Waals surface area contributed by atoms with Crippen molar-refractivity contribution < 1.29 is 14.6 Å². The Bertz CT molecular complexity index is 670. The van der Waals surface area contributed by atoms with Gasteiger partial charge in [0.1, 0.15) is 5.82 Å².